The smallest absolute Gasteiger partial charge is 0.331 e. The van der Waals surface area contributed by atoms with Gasteiger partial charge in [-0.1, -0.05) is 36.4 Å². The molecule has 5 fully saturated rings. The number of nitrogens with zero attached hydrogens (tertiary/aromatic N) is 3. The summed E-state index contributed by atoms with van der Waals surface area (Å²) in [7, 11) is 0. The number of fused-ring (bicyclic) bond motifs is 4. The summed E-state index contributed by atoms with van der Waals surface area (Å²) in [6, 6.07) is 24.8. The first-order chi connectivity index (χ1) is 19.6. The van der Waals surface area contributed by atoms with E-state index in [9.17, 15) is 15.3 Å². The van der Waals surface area contributed by atoms with E-state index in [0.717, 1.165) is 34.3 Å². The molecule has 6 aliphatic rings. The normalized spacial score (nSPS) is 29.7. The van der Waals surface area contributed by atoms with Gasteiger partial charge in [-0.3, -0.25) is 0 Å². The maximum atomic E-state index is 13.3. The van der Waals surface area contributed by atoms with Gasteiger partial charge in [0.15, 0.2) is 5.60 Å². The SMILES string of the molecule is N#Cc1ccc(OC(=O)CN2c3ccccc3C3(OOC34C3CC5CC(C3)CC4C5)c3ccccc32)cc1C#N. The predicted molar refractivity (Wildman–Crippen MR) is 144 cm³/mol. The van der Waals surface area contributed by atoms with E-state index in [4.69, 9.17) is 14.5 Å². The van der Waals surface area contributed by atoms with Crippen molar-refractivity contribution in [1.82, 2.24) is 0 Å². The van der Waals surface area contributed by atoms with Crippen LogP contribution in [0, 0.1) is 46.3 Å². The molecule has 198 valence electrons. The van der Waals surface area contributed by atoms with Crippen molar-refractivity contribution in [2.45, 2.75) is 43.3 Å². The lowest BCUT2D eigenvalue weighted by atomic mass is 9.44. The zero-order chi connectivity index (χ0) is 27.1. The Morgan fingerprint density at radius 2 is 1.43 bits per heavy atom. The number of rotatable bonds is 3. The highest BCUT2D eigenvalue weighted by atomic mass is 17.3. The van der Waals surface area contributed by atoms with E-state index in [2.05, 4.69) is 12.1 Å². The fraction of sp³-hybridized carbons (Fsp3) is 0.364. The van der Waals surface area contributed by atoms with Gasteiger partial charge in [0.25, 0.3) is 0 Å². The first kappa shape index (κ1) is 23.7. The summed E-state index contributed by atoms with van der Waals surface area (Å²) in [6.45, 7) is -0.0309. The molecule has 0 N–H and O–H groups in total. The summed E-state index contributed by atoms with van der Waals surface area (Å²) >= 11 is 0. The monoisotopic (exact) mass is 529 g/mol. The number of carbonyl (C=O) groups excluding carboxylic acids is 1. The topological polar surface area (TPSA) is 95.6 Å². The molecule has 0 amide bonds. The lowest BCUT2D eigenvalue weighted by Crippen LogP contribution is -2.76. The number of ether oxygens (including phenoxy) is 1. The number of hydrogen-bond donors (Lipinski definition) is 0. The predicted octanol–water partition coefficient (Wildman–Crippen LogP) is 5.89. The number of carbonyl (C=O) groups is 1. The van der Waals surface area contributed by atoms with E-state index in [1.807, 2.05) is 53.4 Å². The molecule has 2 aliphatic heterocycles. The summed E-state index contributed by atoms with van der Waals surface area (Å²) in [5.41, 5.74) is 3.17. The molecule has 4 saturated carbocycles. The van der Waals surface area contributed by atoms with Gasteiger partial charge in [-0.05, 0) is 80.0 Å². The number of benzene rings is 3. The van der Waals surface area contributed by atoms with E-state index >= 15 is 0 Å². The minimum Gasteiger partial charge on any atom is -0.425 e. The van der Waals surface area contributed by atoms with Crippen LogP contribution < -0.4 is 9.64 Å². The molecule has 3 aromatic carbocycles. The minimum atomic E-state index is -0.724. The third-order valence-electron chi connectivity index (χ3n) is 10.1. The largest absolute Gasteiger partial charge is 0.425 e. The van der Waals surface area contributed by atoms with Crippen molar-refractivity contribution in [2.75, 3.05) is 11.4 Å². The first-order valence-electron chi connectivity index (χ1n) is 14.1. The molecule has 40 heavy (non-hydrogen) atoms. The van der Waals surface area contributed by atoms with Crippen LogP contribution in [0.2, 0.25) is 0 Å². The Morgan fingerprint density at radius 1 is 0.825 bits per heavy atom. The van der Waals surface area contributed by atoms with Gasteiger partial charge in [0.2, 0.25) is 0 Å². The number of nitriles is 2. The van der Waals surface area contributed by atoms with Crippen LogP contribution in [0.15, 0.2) is 66.7 Å². The van der Waals surface area contributed by atoms with Gasteiger partial charge in [-0.15, -0.1) is 0 Å². The van der Waals surface area contributed by atoms with Gasteiger partial charge in [0.1, 0.15) is 30.0 Å². The molecule has 0 aromatic heterocycles. The van der Waals surface area contributed by atoms with Crippen LogP contribution in [-0.4, -0.2) is 18.1 Å². The first-order valence-corrected chi connectivity index (χ1v) is 14.1. The molecule has 7 nitrogen and oxygen atoms in total. The Hall–Kier alpha value is -4.17. The highest BCUT2D eigenvalue weighted by molar-refractivity contribution is 5.87. The Morgan fingerprint density at radius 3 is 1.98 bits per heavy atom. The highest BCUT2D eigenvalue weighted by Crippen LogP contribution is 2.73. The van der Waals surface area contributed by atoms with Gasteiger partial charge in [-0.2, -0.15) is 10.5 Å². The molecule has 0 atom stereocenters. The fourth-order valence-electron chi connectivity index (χ4n) is 8.86. The maximum absolute atomic E-state index is 13.3. The third-order valence-corrected chi connectivity index (χ3v) is 10.1. The second kappa shape index (κ2) is 8.41. The Kier molecular flexibility index (Phi) is 4.98. The molecule has 4 bridgehead atoms. The third kappa shape index (κ3) is 2.97. The molecule has 3 aromatic rings. The van der Waals surface area contributed by atoms with Crippen LogP contribution in [0.5, 0.6) is 5.75 Å². The van der Waals surface area contributed by atoms with E-state index in [0.29, 0.717) is 11.8 Å². The van der Waals surface area contributed by atoms with Crippen molar-refractivity contribution in [3.63, 3.8) is 0 Å². The van der Waals surface area contributed by atoms with Gasteiger partial charge in [0, 0.05) is 28.6 Å². The standard InChI is InChI=1S/C33H27N3O4/c34-17-22-9-10-26(16-23(22)18-35)38-31(37)19-36-29-7-3-1-5-27(29)33(28-6-2-4-8-30(28)36)32(39-40-33)24-12-20-11-21(14-24)15-25(32)13-20/h1-10,16,20-21,24-25H,11-15,19H2. The summed E-state index contributed by atoms with van der Waals surface area (Å²) < 4.78 is 5.67. The van der Waals surface area contributed by atoms with E-state index in [-0.39, 0.29) is 23.4 Å². The quantitative estimate of drug-likeness (QED) is 0.237. The molecule has 0 radical (unpaired) electrons. The van der Waals surface area contributed by atoms with Crippen molar-refractivity contribution in [3.8, 4) is 17.9 Å². The Bertz CT molecular complexity index is 1570. The molecular weight excluding hydrogens is 502 g/mol. The fourth-order valence-corrected chi connectivity index (χ4v) is 8.86. The van der Waals surface area contributed by atoms with Crippen LogP contribution in [0.25, 0.3) is 0 Å². The van der Waals surface area contributed by atoms with Crippen LogP contribution in [0.3, 0.4) is 0 Å². The Labute approximate surface area is 232 Å². The summed E-state index contributed by atoms with van der Waals surface area (Å²) in [6.07, 6.45) is 6.11. The van der Waals surface area contributed by atoms with Crippen LogP contribution in [0.1, 0.15) is 54.4 Å². The zero-order valence-electron chi connectivity index (χ0n) is 21.9. The van der Waals surface area contributed by atoms with Crippen molar-refractivity contribution in [2.24, 2.45) is 23.7 Å². The van der Waals surface area contributed by atoms with E-state index < -0.39 is 17.2 Å². The molecule has 9 rings (SSSR count). The van der Waals surface area contributed by atoms with Crippen LogP contribution >= 0.6 is 0 Å². The summed E-state index contributed by atoms with van der Waals surface area (Å²) in [5.74, 6) is 2.24. The number of hydrogen-bond acceptors (Lipinski definition) is 7. The number of esters is 1. The van der Waals surface area contributed by atoms with Crippen LogP contribution in [0.4, 0.5) is 11.4 Å². The number of anilines is 2. The average molecular weight is 530 g/mol. The molecular formula is C33H27N3O4. The summed E-state index contributed by atoms with van der Waals surface area (Å²) in [5, 5.41) is 18.6. The zero-order valence-corrected chi connectivity index (χ0v) is 21.9. The average Bonchev–Trinajstić information content (AvgIpc) is 2.96. The lowest BCUT2D eigenvalue weighted by molar-refractivity contribution is -0.583. The molecule has 2 spiro atoms. The van der Waals surface area contributed by atoms with Gasteiger partial charge >= 0.3 is 5.97 Å². The van der Waals surface area contributed by atoms with Gasteiger partial charge in [0.05, 0.1) is 11.1 Å². The molecule has 0 unspecified atom stereocenters. The maximum Gasteiger partial charge on any atom is 0.331 e. The Balaban J connectivity index is 1.19. The molecule has 4 aliphatic carbocycles. The molecule has 1 saturated heterocycles. The summed E-state index contributed by atoms with van der Waals surface area (Å²) in [4.78, 5) is 28.1. The molecule has 7 heteroatoms. The van der Waals surface area contributed by atoms with Gasteiger partial charge in [-0.25, -0.2) is 14.6 Å². The second-order valence-electron chi connectivity index (χ2n) is 12.0. The molecule has 2 heterocycles. The lowest BCUT2D eigenvalue weighted by Gasteiger charge is -2.71. The van der Waals surface area contributed by atoms with Crippen molar-refractivity contribution in [3.05, 3.63) is 89.0 Å². The second-order valence-corrected chi connectivity index (χ2v) is 12.0. The van der Waals surface area contributed by atoms with E-state index in [1.54, 1.807) is 6.07 Å². The van der Waals surface area contributed by atoms with E-state index in [1.165, 1.54) is 44.2 Å². The van der Waals surface area contributed by atoms with Crippen molar-refractivity contribution < 1.29 is 19.3 Å². The van der Waals surface area contributed by atoms with Crippen molar-refractivity contribution >= 4 is 17.3 Å². The van der Waals surface area contributed by atoms with Crippen LogP contribution in [-0.2, 0) is 20.2 Å². The van der Waals surface area contributed by atoms with Crippen molar-refractivity contribution in [1.29, 1.82) is 10.5 Å². The van der Waals surface area contributed by atoms with Gasteiger partial charge < -0.3 is 9.64 Å². The number of para-hydroxylation sites is 2. The minimum absolute atomic E-state index is 0.0309. The highest BCUT2D eigenvalue weighted by Gasteiger charge is 2.77.